The van der Waals surface area contributed by atoms with Gasteiger partial charge < -0.3 is 29.7 Å². The summed E-state index contributed by atoms with van der Waals surface area (Å²) in [5, 5.41) is 3.11. The number of carbonyl (C=O) groups is 2. The third-order valence-corrected chi connectivity index (χ3v) is 10.4. The van der Waals surface area contributed by atoms with Gasteiger partial charge in [-0.1, -0.05) is 46.6 Å². The second kappa shape index (κ2) is 14.9. The maximum Gasteiger partial charge on any atom is 0.326 e. The molecular weight excluding hydrogens is 648 g/mol. The fourth-order valence-electron chi connectivity index (χ4n) is 7.26. The van der Waals surface area contributed by atoms with Gasteiger partial charge in [0, 0.05) is 60.9 Å². The smallest absolute Gasteiger partial charge is 0.326 e. The van der Waals surface area contributed by atoms with Crippen molar-refractivity contribution in [1.29, 1.82) is 0 Å². The Hall–Kier alpha value is -3.57. The van der Waals surface area contributed by atoms with Gasteiger partial charge in [-0.05, 0) is 81.4 Å². The Balaban J connectivity index is 1.08. The van der Waals surface area contributed by atoms with Gasteiger partial charge in [-0.2, -0.15) is 0 Å². The highest BCUT2D eigenvalue weighted by atomic mass is 79.9. The van der Waals surface area contributed by atoms with E-state index in [0.29, 0.717) is 38.4 Å². The van der Waals surface area contributed by atoms with Crippen molar-refractivity contribution in [3.8, 4) is 17.0 Å². The maximum atomic E-state index is 13.9. The summed E-state index contributed by atoms with van der Waals surface area (Å²) in [6.07, 6.45) is 9.40. The monoisotopic (exact) mass is 692 g/mol. The zero-order valence-corrected chi connectivity index (χ0v) is 28.2. The Labute approximate surface area is 279 Å². The fraction of sp³-hybridized carbons (Fsp3) is 0.514. The minimum Gasteiger partial charge on any atom is -0.497 e. The third kappa shape index (κ3) is 7.69. The van der Waals surface area contributed by atoms with Gasteiger partial charge in [-0.3, -0.25) is 9.36 Å². The van der Waals surface area contributed by atoms with Crippen molar-refractivity contribution in [2.24, 2.45) is 0 Å². The summed E-state index contributed by atoms with van der Waals surface area (Å²) in [5.74, 6) is 0.716. The van der Waals surface area contributed by atoms with Crippen LogP contribution in [0.3, 0.4) is 0 Å². The zero-order valence-electron chi connectivity index (χ0n) is 26.6. The van der Waals surface area contributed by atoms with Gasteiger partial charge in [-0.15, -0.1) is 0 Å². The number of urea groups is 1. The summed E-state index contributed by atoms with van der Waals surface area (Å²) in [7, 11) is 1.62. The Morgan fingerprint density at radius 1 is 0.913 bits per heavy atom. The van der Waals surface area contributed by atoms with E-state index in [1.165, 1.54) is 32.4 Å². The van der Waals surface area contributed by atoms with Gasteiger partial charge in [0.15, 0.2) is 0 Å². The number of nitrogens with one attached hydrogen (secondary N) is 2. The van der Waals surface area contributed by atoms with E-state index in [1.54, 1.807) is 16.6 Å². The molecule has 3 aromatic rings. The van der Waals surface area contributed by atoms with Crippen LogP contribution in [-0.2, 0) is 11.2 Å². The first-order valence-electron chi connectivity index (χ1n) is 16.7. The summed E-state index contributed by atoms with van der Waals surface area (Å²) < 4.78 is 8.03. The van der Waals surface area contributed by atoms with E-state index in [9.17, 15) is 14.4 Å². The highest BCUT2D eigenvalue weighted by Gasteiger charge is 2.33. The van der Waals surface area contributed by atoms with E-state index in [-0.39, 0.29) is 23.7 Å². The number of piperidine rings is 3. The number of methoxy groups -OCH3 is 1. The highest BCUT2D eigenvalue weighted by Crippen LogP contribution is 2.26. The second-order valence-electron chi connectivity index (χ2n) is 12.8. The van der Waals surface area contributed by atoms with Gasteiger partial charge in [0.05, 0.1) is 12.8 Å². The largest absolute Gasteiger partial charge is 0.497 e. The lowest BCUT2D eigenvalue weighted by molar-refractivity contribution is -0.134. The molecule has 3 aliphatic heterocycles. The number of rotatable bonds is 8. The Bertz CT molecular complexity index is 1550. The molecular formula is C35H45BrN6O4. The zero-order chi connectivity index (χ0) is 32.0. The number of aromatic nitrogens is 2. The molecule has 0 radical (unpaired) electrons. The summed E-state index contributed by atoms with van der Waals surface area (Å²) >= 11 is 3.55. The molecule has 246 valence electrons. The average molecular weight is 694 g/mol. The summed E-state index contributed by atoms with van der Waals surface area (Å²) in [6, 6.07) is 15.2. The molecule has 3 saturated heterocycles. The van der Waals surface area contributed by atoms with Gasteiger partial charge in [0.2, 0.25) is 5.91 Å². The first-order chi connectivity index (χ1) is 22.4. The van der Waals surface area contributed by atoms with E-state index in [4.69, 9.17) is 4.74 Å². The van der Waals surface area contributed by atoms with E-state index in [1.807, 2.05) is 59.6 Å². The normalized spacial score (nSPS) is 19.2. The topological polar surface area (TPSA) is 103 Å². The van der Waals surface area contributed by atoms with E-state index < -0.39 is 6.04 Å². The number of carbonyl (C=O) groups excluding carboxylic acids is 2. The van der Waals surface area contributed by atoms with E-state index in [0.717, 1.165) is 53.0 Å². The van der Waals surface area contributed by atoms with Crippen molar-refractivity contribution in [3.05, 3.63) is 75.2 Å². The van der Waals surface area contributed by atoms with Gasteiger partial charge in [0.1, 0.15) is 11.8 Å². The maximum absolute atomic E-state index is 13.9. The van der Waals surface area contributed by atoms with Crippen molar-refractivity contribution in [3.63, 3.8) is 0 Å². The minimum atomic E-state index is -0.649. The predicted octanol–water partition coefficient (Wildman–Crippen LogP) is 5.05. The molecule has 1 atom stereocenters. The molecule has 2 aromatic carbocycles. The van der Waals surface area contributed by atoms with Crippen molar-refractivity contribution >= 4 is 27.9 Å². The number of amides is 3. The SMILES string of the molecule is COc1cccc(-c2cn(C3CCN(C(=O)NC(Cc4cccc(Br)c4)C(=O)N4CCC(N5CCCCC5)CC4)CC3)c(=O)[nH]2)c1. The number of imidazole rings is 1. The van der Waals surface area contributed by atoms with E-state index >= 15 is 0 Å². The standard InChI is InChI=1S/C35H45BrN6O4/c1-46-30-10-6-8-26(23-30)32-24-42(35(45)38-32)29-13-19-41(20-14-29)34(44)37-31(22-25-7-5-9-27(36)21-25)33(43)40-17-11-28(12-18-40)39-15-3-2-4-16-39/h5-10,21,23-24,28-29,31H,2-4,11-20,22H2,1H3,(H,37,44)(H,38,45). The number of nitrogens with zero attached hydrogens (tertiary/aromatic N) is 4. The Morgan fingerprint density at radius 3 is 2.33 bits per heavy atom. The number of aromatic amines is 1. The lowest BCUT2D eigenvalue weighted by Crippen LogP contribution is -2.56. The van der Waals surface area contributed by atoms with Crippen molar-refractivity contribution in [2.75, 3.05) is 46.4 Å². The third-order valence-electron chi connectivity index (χ3n) is 9.88. The van der Waals surface area contributed by atoms with Crippen LogP contribution in [0.15, 0.2) is 64.0 Å². The van der Waals surface area contributed by atoms with Crippen LogP contribution in [-0.4, -0.2) is 94.7 Å². The van der Waals surface area contributed by atoms with Crippen molar-refractivity contribution in [2.45, 2.75) is 69.5 Å². The van der Waals surface area contributed by atoms with Crippen LogP contribution >= 0.6 is 15.9 Å². The molecule has 6 rings (SSSR count). The molecule has 3 amide bonds. The molecule has 1 unspecified atom stereocenters. The molecule has 3 aliphatic rings. The second-order valence-corrected chi connectivity index (χ2v) is 13.7. The number of hydrogen-bond acceptors (Lipinski definition) is 5. The lowest BCUT2D eigenvalue weighted by Gasteiger charge is -2.41. The predicted molar refractivity (Wildman–Crippen MR) is 182 cm³/mol. The van der Waals surface area contributed by atoms with Crippen molar-refractivity contribution < 1.29 is 14.3 Å². The fourth-order valence-corrected chi connectivity index (χ4v) is 7.71. The number of ether oxygens (including phenoxy) is 1. The molecule has 0 saturated carbocycles. The molecule has 2 N–H and O–H groups in total. The molecule has 0 aliphatic carbocycles. The first-order valence-corrected chi connectivity index (χ1v) is 17.5. The van der Waals surface area contributed by atoms with Crippen LogP contribution < -0.4 is 15.7 Å². The number of halogens is 1. The number of H-pyrrole nitrogens is 1. The summed E-state index contributed by atoms with van der Waals surface area (Å²) in [4.78, 5) is 49.8. The van der Waals surface area contributed by atoms with Crippen LogP contribution in [0.1, 0.15) is 56.6 Å². The van der Waals surface area contributed by atoms with Crippen LogP contribution in [0, 0.1) is 0 Å². The van der Waals surface area contributed by atoms with Crippen LogP contribution in [0.25, 0.3) is 11.3 Å². The minimum absolute atomic E-state index is 0.00995. The average Bonchev–Trinajstić information content (AvgIpc) is 3.49. The van der Waals surface area contributed by atoms with Crippen LogP contribution in [0.2, 0.25) is 0 Å². The molecule has 3 fully saturated rings. The van der Waals surface area contributed by atoms with Gasteiger partial charge in [0.25, 0.3) is 0 Å². The van der Waals surface area contributed by atoms with Crippen LogP contribution in [0.4, 0.5) is 4.79 Å². The lowest BCUT2D eigenvalue weighted by atomic mass is 9.98. The Kier molecular flexibility index (Phi) is 10.5. The summed E-state index contributed by atoms with van der Waals surface area (Å²) in [5.41, 5.74) is 2.44. The summed E-state index contributed by atoms with van der Waals surface area (Å²) in [6.45, 7) is 4.78. The number of hydrogen-bond donors (Lipinski definition) is 2. The van der Waals surface area contributed by atoms with Gasteiger partial charge in [-0.25, -0.2) is 9.59 Å². The molecule has 46 heavy (non-hydrogen) atoms. The van der Waals surface area contributed by atoms with Gasteiger partial charge >= 0.3 is 11.7 Å². The number of likely N-dealkylation sites (tertiary alicyclic amines) is 3. The van der Waals surface area contributed by atoms with E-state index in [2.05, 4.69) is 31.1 Å². The molecule has 0 spiro atoms. The number of benzene rings is 2. The highest BCUT2D eigenvalue weighted by molar-refractivity contribution is 9.10. The molecule has 0 bridgehead atoms. The van der Waals surface area contributed by atoms with Crippen LogP contribution in [0.5, 0.6) is 5.75 Å². The first kappa shape index (κ1) is 32.4. The molecule has 10 nitrogen and oxygen atoms in total. The Morgan fingerprint density at radius 2 is 1.61 bits per heavy atom. The quantitative estimate of drug-likeness (QED) is 0.344. The molecule has 4 heterocycles. The molecule has 11 heteroatoms. The van der Waals surface area contributed by atoms with Crippen molar-refractivity contribution in [1.82, 2.24) is 29.6 Å². The molecule has 1 aromatic heterocycles.